The Balaban J connectivity index is 0.00000385. The van der Waals surface area contributed by atoms with Crippen molar-refractivity contribution in [3.05, 3.63) is 0 Å². The van der Waals surface area contributed by atoms with Gasteiger partial charge in [0.15, 0.2) is 0 Å². The van der Waals surface area contributed by atoms with Crippen LogP contribution in [0.4, 0.5) is 0 Å². The van der Waals surface area contributed by atoms with Gasteiger partial charge >= 0.3 is 5.97 Å². The third-order valence-electron chi connectivity index (χ3n) is 9.02. The number of ether oxygens (including phenoxy) is 1. The van der Waals surface area contributed by atoms with Crippen molar-refractivity contribution in [1.29, 1.82) is 0 Å². The smallest absolute Gasteiger partial charge is 0.312 e. The minimum absolute atomic E-state index is 0. The van der Waals surface area contributed by atoms with Gasteiger partial charge in [-0.1, -0.05) is 71.1 Å². The molecule has 194 valence electrons. The standard InChI is InChI=1S/C29H54NO2.BrH/c1-4-5-6-7-8-9-10-11-12-13-14-15-16-30(2,3)17-18-32-28(31)29-22-25-19-26(23-29)21-27(20-25)24-29;/h25-27H,4-24H2,1-3H3;1H/q+1;/p-1. The van der Waals surface area contributed by atoms with E-state index >= 15 is 0 Å². The minimum atomic E-state index is -0.0958. The Bertz CT molecular complexity index is 527. The summed E-state index contributed by atoms with van der Waals surface area (Å²) in [5.41, 5.74) is -0.0958. The van der Waals surface area contributed by atoms with Gasteiger partial charge < -0.3 is 26.2 Å². The van der Waals surface area contributed by atoms with E-state index in [1.54, 1.807) is 0 Å². The van der Waals surface area contributed by atoms with Gasteiger partial charge in [-0.2, -0.15) is 0 Å². The van der Waals surface area contributed by atoms with Gasteiger partial charge in [0.1, 0.15) is 13.2 Å². The zero-order chi connectivity index (χ0) is 22.9. The third-order valence-corrected chi connectivity index (χ3v) is 9.02. The lowest BCUT2D eigenvalue weighted by molar-refractivity contribution is -0.890. The molecule has 4 aliphatic carbocycles. The summed E-state index contributed by atoms with van der Waals surface area (Å²) in [7, 11) is 4.61. The number of hydrogen-bond donors (Lipinski definition) is 0. The predicted molar refractivity (Wildman–Crippen MR) is 134 cm³/mol. The van der Waals surface area contributed by atoms with Crippen LogP contribution in [0, 0.1) is 23.2 Å². The van der Waals surface area contributed by atoms with Gasteiger partial charge in [-0.15, -0.1) is 0 Å². The van der Waals surface area contributed by atoms with Crippen LogP contribution >= 0.6 is 0 Å². The van der Waals surface area contributed by atoms with Crippen molar-refractivity contribution in [1.82, 2.24) is 0 Å². The Morgan fingerprint density at radius 2 is 1.15 bits per heavy atom. The molecular formula is C29H54BrNO2. The molecular weight excluding hydrogens is 474 g/mol. The summed E-state index contributed by atoms with van der Waals surface area (Å²) in [5.74, 6) is 2.59. The first-order valence-corrected chi connectivity index (χ1v) is 14.4. The molecule has 0 aliphatic heterocycles. The van der Waals surface area contributed by atoms with Gasteiger partial charge in [-0.25, -0.2) is 0 Å². The van der Waals surface area contributed by atoms with Crippen LogP contribution < -0.4 is 17.0 Å². The van der Waals surface area contributed by atoms with Gasteiger partial charge in [-0.3, -0.25) is 4.79 Å². The van der Waals surface area contributed by atoms with Crippen LogP contribution in [0.15, 0.2) is 0 Å². The van der Waals surface area contributed by atoms with Crippen molar-refractivity contribution in [2.45, 2.75) is 122 Å². The topological polar surface area (TPSA) is 26.3 Å². The lowest BCUT2D eigenvalue weighted by Crippen LogP contribution is -3.00. The van der Waals surface area contributed by atoms with Gasteiger partial charge in [0.05, 0.1) is 26.1 Å². The molecule has 4 fully saturated rings. The lowest BCUT2D eigenvalue weighted by Gasteiger charge is -2.55. The highest BCUT2D eigenvalue weighted by Gasteiger charge is 2.55. The quantitative estimate of drug-likeness (QED) is 0.158. The molecule has 0 spiro atoms. The average Bonchev–Trinajstić information content (AvgIpc) is 2.73. The number of halogens is 1. The minimum Gasteiger partial charge on any atom is -1.00 e. The number of carbonyl (C=O) groups excluding carboxylic acids is 1. The number of unbranched alkanes of at least 4 members (excludes halogenated alkanes) is 11. The molecule has 0 aromatic rings. The summed E-state index contributed by atoms with van der Waals surface area (Å²) in [6.07, 6.45) is 24.3. The van der Waals surface area contributed by atoms with Crippen LogP contribution in [0.25, 0.3) is 0 Å². The van der Waals surface area contributed by atoms with E-state index in [4.69, 9.17) is 4.74 Å². The Morgan fingerprint density at radius 1 is 0.727 bits per heavy atom. The highest BCUT2D eigenvalue weighted by molar-refractivity contribution is 5.77. The Morgan fingerprint density at radius 3 is 1.61 bits per heavy atom. The van der Waals surface area contributed by atoms with E-state index < -0.39 is 0 Å². The van der Waals surface area contributed by atoms with E-state index in [1.165, 1.54) is 103 Å². The maximum Gasteiger partial charge on any atom is 0.312 e. The first-order valence-electron chi connectivity index (χ1n) is 14.4. The molecule has 4 saturated carbocycles. The zero-order valence-corrected chi connectivity index (χ0v) is 23.8. The fourth-order valence-corrected chi connectivity index (χ4v) is 7.39. The zero-order valence-electron chi connectivity index (χ0n) is 22.2. The van der Waals surface area contributed by atoms with Gasteiger partial charge in [0.2, 0.25) is 0 Å². The second-order valence-corrected chi connectivity index (χ2v) is 12.6. The SMILES string of the molecule is CCCCCCCCCCCCCC[N+](C)(C)CCOC(=O)C12CC3CC(CC(C3)C1)C2.[Br-]. The van der Waals surface area contributed by atoms with Gasteiger partial charge in [0, 0.05) is 0 Å². The summed E-state index contributed by atoms with van der Waals surface area (Å²) in [4.78, 5) is 13.0. The molecule has 0 amide bonds. The van der Waals surface area contributed by atoms with Crippen LogP contribution in [0.2, 0.25) is 0 Å². The fraction of sp³-hybridized carbons (Fsp3) is 0.966. The summed E-state index contributed by atoms with van der Waals surface area (Å²) in [6, 6.07) is 0. The van der Waals surface area contributed by atoms with E-state index in [2.05, 4.69) is 21.0 Å². The van der Waals surface area contributed by atoms with Gasteiger partial charge in [-0.05, 0) is 69.1 Å². The number of likely N-dealkylation sites (N-methyl/N-ethyl adjacent to an activating group) is 1. The molecule has 0 N–H and O–H groups in total. The van der Waals surface area contributed by atoms with Crippen LogP contribution in [0.5, 0.6) is 0 Å². The van der Waals surface area contributed by atoms with Crippen molar-refractivity contribution in [3.63, 3.8) is 0 Å². The van der Waals surface area contributed by atoms with Crippen molar-refractivity contribution >= 4 is 5.97 Å². The largest absolute Gasteiger partial charge is 1.00 e. The number of hydrogen-bond acceptors (Lipinski definition) is 2. The van der Waals surface area contributed by atoms with Crippen molar-refractivity contribution in [3.8, 4) is 0 Å². The second-order valence-electron chi connectivity index (χ2n) is 12.6. The molecule has 0 heterocycles. The summed E-state index contributed by atoms with van der Waals surface area (Å²) >= 11 is 0. The van der Waals surface area contributed by atoms with E-state index in [9.17, 15) is 4.79 Å². The number of carbonyl (C=O) groups is 1. The molecule has 0 aromatic heterocycles. The van der Waals surface area contributed by atoms with E-state index in [0.717, 1.165) is 48.0 Å². The average molecular weight is 529 g/mol. The first-order chi connectivity index (χ1) is 15.4. The second kappa shape index (κ2) is 14.5. The summed E-state index contributed by atoms with van der Waals surface area (Å²) in [5, 5.41) is 0. The van der Waals surface area contributed by atoms with Crippen molar-refractivity contribution < 1.29 is 31.0 Å². The van der Waals surface area contributed by atoms with Crippen LogP contribution in [-0.4, -0.2) is 44.2 Å². The molecule has 4 heteroatoms. The van der Waals surface area contributed by atoms with Crippen LogP contribution in [0.3, 0.4) is 0 Å². The maximum atomic E-state index is 13.0. The predicted octanol–water partition coefficient (Wildman–Crippen LogP) is 4.53. The molecule has 0 atom stereocenters. The normalized spacial score (nSPS) is 28.0. The van der Waals surface area contributed by atoms with E-state index in [1.807, 2.05) is 0 Å². The number of esters is 1. The highest BCUT2D eigenvalue weighted by Crippen LogP contribution is 2.60. The molecule has 4 bridgehead atoms. The molecule has 4 aliphatic rings. The molecule has 4 rings (SSSR count). The summed E-state index contributed by atoms with van der Waals surface area (Å²) < 4.78 is 6.90. The first kappa shape index (κ1) is 29.1. The Labute approximate surface area is 216 Å². The molecule has 0 aromatic carbocycles. The molecule has 0 radical (unpaired) electrons. The van der Waals surface area contributed by atoms with E-state index in [-0.39, 0.29) is 28.4 Å². The Hall–Kier alpha value is -0.0900. The third kappa shape index (κ3) is 9.47. The van der Waals surface area contributed by atoms with Crippen LogP contribution in [0.1, 0.15) is 122 Å². The van der Waals surface area contributed by atoms with Crippen molar-refractivity contribution in [2.75, 3.05) is 33.8 Å². The van der Waals surface area contributed by atoms with Crippen molar-refractivity contribution in [2.24, 2.45) is 23.2 Å². The number of quaternary nitrogens is 1. The summed E-state index contributed by atoms with van der Waals surface area (Å²) in [6.45, 7) is 5.05. The van der Waals surface area contributed by atoms with Crippen LogP contribution in [-0.2, 0) is 9.53 Å². The number of nitrogens with zero attached hydrogens (tertiary/aromatic N) is 1. The highest BCUT2D eigenvalue weighted by atomic mass is 79.9. The maximum absolute atomic E-state index is 13.0. The molecule has 3 nitrogen and oxygen atoms in total. The lowest BCUT2D eigenvalue weighted by atomic mass is 9.49. The fourth-order valence-electron chi connectivity index (χ4n) is 7.39. The molecule has 33 heavy (non-hydrogen) atoms. The van der Waals surface area contributed by atoms with Gasteiger partial charge in [0.25, 0.3) is 0 Å². The molecule has 0 unspecified atom stereocenters. The molecule has 0 saturated heterocycles. The number of rotatable bonds is 17. The Kier molecular flexibility index (Phi) is 12.8. The monoisotopic (exact) mass is 527 g/mol. The van der Waals surface area contributed by atoms with E-state index in [0.29, 0.717) is 6.61 Å².